The number of methoxy groups -OCH3 is 1. The first-order chi connectivity index (χ1) is 15.7. The highest BCUT2D eigenvalue weighted by atomic mass is 16.5. The number of fused-ring (bicyclic) bond motifs is 1. The van der Waals surface area contributed by atoms with E-state index in [1.807, 2.05) is 44.2 Å². The Morgan fingerprint density at radius 2 is 1.91 bits per heavy atom. The number of carbonyl (C=O) groups excluding carboxylic acids is 3. The van der Waals surface area contributed by atoms with Gasteiger partial charge in [-0.25, -0.2) is 9.78 Å². The van der Waals surface area contributed by atoms with Crippen LogP contribution in [-0.4, -0.2) is 51.7 Å². The van der Waals surface area contributed by atoms with Gasteiger partial charge in [-0.05, 0) is 30.4 Å². The van der Waals surface area contributed by atoms with Gasteiger partial charge >= 0.3 is 5.97 Å². The van der Waals surface area contributed by atoms with Crippen molar-refractivity contribution < 1.29 is 19.1 Å². The van der Waals surface area contributed by atoms with Gasteiger partial charge in [0.25, 0.3) is 5.91 Å². The van der Waals surface area contributed by atoms with E-state index in [9.17, 15) is 14.4 Å². The number of ether oxygens (including phenoxy) is 1. The molecule has 0 aliphatic heterocycles. The van der Waals surface area contributed by atoms with E-state index in [2.05, 4.69) is 9.97 Å². The van der Waals surface area contributed by atoms with E-state index in [1.165, 1.54) is 30.6 Å². The lowest BCUT2D eigenvalue weighted by Gasteiger charge is -2.47. The van der Waals surface area contributed by atoms with Gasteiger partial charge < -0.3 is 15.4 Å². The number of hydrogen-bond acceptors (Lipinski definition) is 7. The molecule has 3 rings (SSSR count). The second-order valence-electron chi connectivity index (χ2n) is 8.62. The molecular weight excluding hydrogens is 420 g/mol. The number of carbonyl (C=O) groups is 3. The smallest absolute Gasteiger partial charge is 0.328 e. The molecule has 1 heterocycles. The van der Waals surface area contributed by atoms with E-state index in [-0.39, 0.29) is 23.8 Å². The lowest BCUT2D eigenvalue weighted by molar-refractivity contribution is -0.150. The Bertz CT molecular complexity index is 1050. The normalized spacial score (nSPS) is 18.8. The number of esters is 1. The van der Waals surface area contributed by atoms with Crippen LogP contribution in [0.5, 0.6) is 0 Å². The molecule has 0 saturated heterocycles. The third kappa shape index (κ3) is 4.57. The fourth-order valence-corrected chi connectivity index (χ4v) is 4.48. The Labute approximate surface area is 193 Å². The molecule has 1 amide bonds. The van der Waals surface area contributed by atoms with Crippen molar-refractivity contribution in [3.63, 3.8) is 0 Å². The molecule has 3 atom stereocenters. The Morgan fingerprint density at radius 3 is 2.55 bits per heavy atom. The molecule has 1 aliphatic rings. The van der Waals surface area contributed by atoms with Gasteiger partial charge in [-0.15, -0.1) is 0 Å². The third-order valence-corrected chi connectivity index (χ3v) is 5.93. The van der Waals surface area contributed by atoms with Crippen LogP contribution < -0.4 is 5.73 Å². The van der Waals surface area contributed by atoms with E-state index in [0.29, 0.717) is 12.0 Å². The second-order valence-corrected chi connectivity index (χ2v) is 8.62. The van der Waals surface area contributed by atoms with E-state index in [4.69, 9.17) is 10.5 Å². The molecule has 1 aromatic carbocycles. The minimum atomic E-state index is -1.51. The molecule has 2 aromatic rings. The minimum Gasteiger partial charge on any atom is -0.467 e. The number of amides is 1. The standard InChI is InChI=1S/C25H30N4O4/c1-16(2)14-20(26)22(30)25(11-7-9-18-8-5-6-10-19(18)25)29(17(3)24(32)33-4)23(31)21-15-27-12-13-28-21/h5-10,12-13,15-17,20H,11,14,26H2,1-4H3/t17-,20-,25?/m0/s1. The zero-order valence-electron chi connectivity index (χ0n) is 19.4. The van der Waals surface area contributed by atoms with Gasteiger partial charge in [0.05, 0.1) is 19.3 Å². The van der Waals surface area contributed by atoms with Crippen LogP contribution in [0.1, 0.15) is 55.2 Å². The molecule has 2 N–H and O–H groups in total. The van der Waals surface area contributed by atoms with Crippen LogP contribution in [0.2, 0.25) is 0 Å². The number of hydrogen-bond donors (Lipinski definition) is 1. The summed E-state index contributed by atoms with van der Waals surface area (Å²) in [5, 5.41) is 0. The molecule has 1 unspecified atom stereocenters. The first-order valence-corrected chi connectivity index (χ1v) is 11.0. The summed E-state index contributed by atoms with van der Waals surface area (Å²) in [5.41, 5.74) is 6.32. The average molecular weight is 451 g/mol. The van der Waals surface area contributed by atoms with Gasteiger partial charge in [0.2, 0.25) is 0 Å². The predicted octanol–water partition coefficient (Wildman–Crippen LogP) is 2.74. The maximum Gasteiger partial charge on any atom is 0.328 e. The molecule has 0 bridgehead atoms. The van der Waals surface area contributed by atoms with Gasteiger partial charge in [-0.3, -0.25) is 14.6 Å². The average Bonchev–Trinajstić information content (AvgIpc) is 2.83. The molecule has 174 valence electrons. The van der Waals surface area contributed by atoms with Crippen molar-refractivity contribution >= 4 is 23.7 Å². The van der Waals surface area contributed by atoms with Crippen molar-refractivity contribution in [3.8, 4) is 0 Å². The lowest BCUT2D eigenvalue weighted by atomic mass is 9.72. The van der Waals surface area contributed by atoms with Gasteiger partial charge in [-0.1, -0.05) is 50.3 Å². The monoisotopic (exact) mass is 450 g/mol. The number of rotatable bonds is 8. The van der Waals surface area contributed by atoms with Crippen molar-refractivity contribution in [2.75, 3.05) is 7.11 Å². The summed E-state index contributed by atoms with van der Waals surface area (Å²) in [6.07, 6.45) is 8.50. The molecule has 1 aliphatic carbocycles. The maximum atomic E-state index is 14.2. The molecular formula is C25H30N4O4. The Kier molecular flexibility index (Phi) is 7.38. The van der Waals surface area contributed by atoms with E-state index >= 15 is 0 Å². The number of nitrogens with two attached hydrogens (primary N) is 1. The van der Waals surface area contributed by atoms with Crippen LogP contribution in [0, 0.1) is 5.92 Å². The molecule has 0 fully saturated rings. The number of Topliss-reactive ketones (excluding diaryl/α,β-unsaturated/α-hetero) is 1. The molecule has 8 nitrogen and oxygen atoms in total. The highest BCUT2D eigenvalue weighted by Crippen LogP contribution is 2.43. The molecule has 0 spiro atoms. The van der Waals surface area contributed by atoms with Crippen LogP contribution in [0.25, 0.3) is 6.08 Å². The fraction of sp³-hybridized carbons (Fsp3) is 0.400. The Morgan fingerprint density at radius 1 is 1.18 bits per heavy atom. The van der Waals surface area contributed by atoms with Crippen molar-refractivity contribution in [1.29, 1.82) is 0 Å². The summed E-state index contributed by atoms with van der Waals surface area (Å²) in [5.74, 6) is -1.42. The molecule has 33 heavy (non-hydrogen) atoms. The Balaban J connectivity index is 2.29. The van der Waals surface area contributed by atoms with Gasteiger partial charge in [0.1, 0.15) is 17.3 Å². The molecule has 1 aromatic heterocycles. The van der Waals surface area contributed by atoms with Crippen LogP contribution >= 0.6 is 0 Å². The van der Waals surface area contributed by atoms with Gasteiger partial charge in [0, 0.05) is 18.8 Å². The van der Waals surface area contributed by atoms with E-state index in [0.717, 1.165) is 5.56 Å². The van der Waals surface area contributed by atoms with Crippen molar-refractivity contribution in [2.45, 2.75) is 51.2 Å². The Hall–Kier alpha value is -3.39. The number of benzene rings is 1. The van der Waals surface area contributed by atoms with Crippen LogP contribution in [0.15, 0.2) is 48.9 Å². The first-order valence-electron chi connectivity index (χ1n) is 11.0. The topological polar surface area (TPSA) is 115 Å². The van der Waals surface area contributed by atoms with E-state index < -0.39 is 29.5 Å². The summed E-state index contributed by atoms with van der Waals surface area (Å²) >= 11 is 0. The van der Waals surface area contributed by atoms with Crippen molar-refractivity contribution in [1.82, 2.24) is 14.9 Å². The second kappa shape index (κ2) is 10.0. The number of aromatic nitrogens is 2. The summed E-state index contributed by atoms with van der Waals surface area (Å²) < 4.78 is 4.98. The van der Waals surface area contributed by atoms with Crippen LogP contribution in [0.3, 0.4) is 0 Å². The highest BCUT2D eigenvalue weighted by Gasteiger charge is 2.53. The first kappa shape index (κ1) is 24.3. The molecule has 0 saturated carbocycles. The zero-order chi connectivity index (χ0) is 24.2. The zero-order valence-corrected chi connectivity index (χ0v) is 19.4. The van der Waals surface area contributed by atoms with Crippen molar-refractivity contribution in [3.05, 3.63) is 65.8 Å². The third-order valence-electron chi connectivity index (χ3n) is 5.93. The van der Waals surface area contributed by atoms with Crippen LogP contribution in [0.4, 0.5) is 0 Å². The SMILES string of the molecule is COC(=O)[C@H](C)N(C(=O)c1cnccn1)C1(C(=O)[C@@H](N)CC(C)C)CC=Cc2ccccc21. The fourth-order valence-electron chi connectivity index (χ4n) is 4.48. The lowest BCUT2D eigenvalue weighted by Crippen LogP contribution is -2.63. The molecule has 8 heteroatoms. The highest BCUT2D eigenvalue weighted by molar-refractivity contribution is 6.03. The number of ketones is 1. The summed E-state index contributed by atoms with van der Waals surface area (Å²) in [7, 11) is 1.25. The molecule has 0 radical (unpaired) electrons. The van der Waals surface area contributed by atoms with Crippen LogP contribution in [-0.2, 0) is 19.9 Å². The van der Waals surface area contributed by atoms with E-state index in [1.54, 1.807) is 13.0 Å². The number of nitrogens with zero attached hydrogens (tertiary/aromatic N) is 3. The summed E-state index contributed by atoms with van der Waals surface area (Å²) in [6, 6.07) is 5.41. The summed E-state index contributed by atoms with van der Waals surface area (Å²) in [4.78, 5) is 50.2. The van der Waals surface area contributed by atoms with Crippen molar-refractivity contribution in [2.24, 2.45) is 11.7 Å². The summed E-state index contributed by atoms with van der Waals surface area (Å²) in [6.45, 7) is 5.51. The minimum absolute atomic E-state index is 0.0184. The van der Waals surface area contributed by atoms with Gasteiger partial charge in [0.15, 0.2) is 5.78 Å². The maximum absolute atomic E-state index is 14.2. The quantitative estimate of drug-likeness (QED) is 0.615. The van der Waals surface area contributed by atoms with Gasteiger partial charge in [-0.2, -0.15) is 0 Å². The predicted molar refractivity (Wildman–Crippen MR) is 124 cm³/mol. The largest absolute Gasteiger partial charge is 0.467 e.